The molecule has 0 spiro atoms. The number of hydrogen-bond donors (Lipinski definition) is 2. The molecule has 2 rings (SSSR count). The minimum absolute atomic E-state index is 0.635. The predicted octanol–water partition coefficient (Wildman–Crippen LogP) is 3.63. The van der Waals surface area contributed by atoms with Gasteiger partial charge < -0.3 is 0 Å². The van der Waals surface area contributed by atoms with Gasteiger partial charge >= 0.3 is 0 Å². The molecule has 0 aliphatic heterocycles. The van der Waals surface area contributed by atoms with Crippen LogP contribution >= 0.6 is 20.9 Å². The summed E-state index contributed by atoms with van der Waals surface area (Å²) >= 11 is 0. The topological polar surface area (TPSA) is 26.0 Å². The summed E-state index contributed by atoms with van der Waals surface area (Å²) in [4.78, 5) is 2.45. The van der Waals surface area contributed by atoms with Crippen molar-refractivity contribution in [1.82, 2.24) is 0 Å². The summed E-state index contributed by atoms with van der Waals surface area (Å²) in [6.45, 7) is 0. The van der Waals surface area contributed by atoms with E-state index in [1.165, 1.54) is 9.79 Å². The van der Waals surface area contributed by atoms with Crippen molar-refractivity contribution in [2.24, 2.45) is 5.14 Å². The first kappa shape index (κ1) is 10.6. The molecule has 0 fully saturated rings. The van der Waals surface area contributed by atoms with E-state index in [0.717, 1.165) is 0 Å². The van der Waals surface area contributed by atoms with Crippen LogP contribution in [0.25, 0.3) is 0 Å². The first-order chi connectivity index (χ1) is 7.36. The van der Waals surface area contributed by atoms with Gasteiger partial charge in [0.05, 0.1) is 0 Å². The summed E-state index contributed by atoms with van der Waals surface area (Å²) in [7, 11) is 1.10. The van der Waals surface area contributed by atoms with E-state index < -0.39 is 10.1 Å². The van der Waals surface area contributed by atoms with Crippen LogP contribution < -0.4 is 5.14 Å². The van der Waals surface area contributed by atoms with Gasteiger partial charge in [-0.25, -0.2) is 0 Å². The second kappa shape index (κ2) is 5.26. The van der Waals surface area contributed by atoms with Gasteiger partial charge in [0, 0.05) is 9.79 Å². The van der Waals surface area contributed by atoms with Crippen molar-refractivity contribution in [3.05, 3.63) is 60.7 Å². The molecule has 0 saturated carbocycles. The van der Waals surface area contributed by atoms with Gasteiger partial charge in [0.2, 0.25) is 0 Å². The zero-order valence-corrected chi connectivity index (χ0v) is 9.92. The van der Waals surface area contributed by atoms with E-state index in [0.29, 0.717) is 0 Å². The molecule has 1 atom stereocenters. The Morgan fingerprint density at radius 3 is 1.93 bits per heavy atom. The van der Waals surface area contributed by atoms with E-state index in [-0.39, 0.29) is 0 Å². The quantitative estimate of drug-likeness (QED) is 0.627. The van der Waals surface area contributed by atoms with Crippen molar-refractivity contribution in [2.75, 3.05) is 0 Å². The maximum atomic E-state index is 6.15. The van der Waals surface area contributed by atoms with Crippen LogP contribution in [0.4, 0.5) is 0 Å². The smallest absolute Gasteiger partial charge is 0.0179 e. The van der Waals surface area contributed by atoms with Crippen molar-refractivity contribution in [1.29, 1.82) is 0 Å². The fourth-order valence-electron chi connectivity index (χ4n) is 1.22. The zero-order chi connectivity index (χ0) is 10.5. The van der Waals surface area contributed by atoms with Crippen LogP contribution in [0.1, 0.15) is 0 Å². The summed E-state index contributed by atoms with van der Waals surface area (Å²) in [6.07, 6.45) is 0. The van der Waals surface area contributed by atoms with Crippen LogP contribution in [0.2, 0.25) is 0 Å². The molecule has 2 N–H and O–H groups in total. The van der Waals surface area contributed by atoms with Crippen molar-refractivity contribution in [3.8, 4) is 0 Å². The van der Waals surface area contributed by atoms with E-state index in [2.05, 4.69) is 24.3 Å². The molecule has 0 aromatic heterocycles. The lowest BCUT2D eigenvalue weighted by Gasteiger charge is -2.15. The standard InChI is InChI=1S/C12H13NS2/c13-15(12-9-5-2-6-10-12)14-11-7-3-1-4-8-11/h1-10,15H,13H2. The number of thiol groups is 1. The fourth-order valence-corrected chi connectivity index (χ4v) is 4.03. The molecule has 0 amide bonds. The molecule has 0 bridgehead atoms. The van der Waals surface area contributed by atoms with E-state index in [9.17, 15) is 0 Å². The van der Waals surface area contributed by atoms with Crippen LogP contribution in [-0.2, 0) is 0 Å². The first-order valence-corrected chi connectivity index (χ1v) is 7.52. The van der Waals surface area contributed by atoms with Crippen molar-refractivity contribution in [3.63, 3.8) is 0 Å². The molecule has 1 unspecified atom stereocenters. The third kappa shape index (κ3) is 3.02. The molecule has 2 aromatic carbocycles. The van der Waals surface area contributed by atoms with Gasteiger partial charge in [-0.15, -0.1) is 10.1 Å². The van der Waals surface area contributed by atoms with E-state index in [4.69, 9.17) is 5.14 Å². The SMILES string of the molecule is N[SH](Sc1ccccc1)c1ccccc1. The molecule has 0 saturated heterocycles. The Kier molecular flexibility index (Phi) is 3.72. The highest BCUT2D eigenvalue weighted by atomic mass is 33.1. The van der Waals surface area contributed by atoms with Crippen LogP contribution in [-0.4, -0.2) is 0 Å². The minimum atomic E-state index is -0.635. The first-order valence-electron chi connectivity index (χ1n) is 4.69. The average Bonchev–Trinajstić information content (AvgIpc) is 2.31. The fraction of sp³-hybridized carbons (Fsp3) is 0. The Hall–Kier alpha value is -0.900. The number of rotatable bonds is 3. The highest BCUT2D eigenvalue weighted by Crippen LogP contribution is 2.45. The summed E-state index contributed by atoms with van der Waals surface area (Å²) < 4.78 is 0. The van der Waals surface area contributed by atoms with Crippen molar-refractivity contribution < 1.29 is 0 Å². The third-order valence-corrected chi connectivity index (χ3v) is 5.30. The number of nitrogens with two attached hydrogens (primary N) is 1. The van der Waals surface area contributed by atoms with Gasteiger partial charge in [0.15, 0.2) is 0 Å². The Bertz CT molecular complexity index is 402. The van der Waals surface area contributed by atoms with Crippen LogP contribution in [0.15, 0.2) is 70.5 Å². The lowest BCUT2D eigenvalue weighted by Crippen LogP contribution is -1.89. The summed E-state index contributed by atoms with van der Waals surface area (Å²) in [5.74, 6) is 0. The Morgan fingerprint density at radius 1 is 0.800 bits per heavy atom. The third-order valence-electron chi connectivity index (χ3n) is 1.96. The highest BCUT2D eigenvalue weighted by Gasteiger charge is 2.02. The van der Waals surface area contributed by atoms with Crippen LogP contribution in [0.3, 0.4) is 0 Å². The molecular weight excluding hydrogens is 222 g/mol. The van der Waals surface area contributed by atoms with E-state index in [1.807, 2.05) is 36.4 Å². The zero-order valence-electron chi connectivity index (χ0n) is 8.21. The second-order valence-electron chi connectivity index (χ2n) is 3.07. The van der Waals surface area contributed by atoms with Crippen LogP contribution in [0, 0.1) is 0 Å². The van der Waals surface area contributed by atoms with Gasteiger partial charge in [-0.3, -0.25) is 5.14 Å². The highest BCUT2D eigenvalue weighted by molar-refractivity contribution is 8.84. The number of benzene rings is 2. The molecular formula is C12H13NS2. The van der Waals surface area contributed by atoms with E-state index in [1.54, 1.807) is 10.8 Å². The molecule has 78 valence electrons. The van der Waals surface area contributed by atoms with E-state index >= 15 is 0 Å². The van der Waals surface area contributed by atoms with Crippen molar-refractivity contribution in [2.45, 2.75) is 9.79 Å². The molecule has 1 nitrogen and oxygen atoms in total. The molecule has 0 radical (unpaired) electrons. The van der Waals surface area contributed by atoms with Gasteiger partial charge in [-0.1, -0.05) is 47.2 Å². The molecule has 2 aromatic rings. The average molecular weight is 235 g/mol. The summed E-state index contributed by atoms with van der Waals surface area (Å²) in [5, 5.41) is 6.15. The number of hydrogen-bond acceptors (Lipinski definition) is 2. The van der Waals surface area contributed by atoms with Gasteiger partial charge in [0.1, 0.15) is 0 Å². The maximum Gasteiger partial charge on any atom is 0.0179 e. The normalized spacial score (nSPS) is 13.5. The van der Waals surface area contributed by atoms with Gasteiger partial charge in [-0.05, 0) is 24.3 Å². The van der Waals surface area contributed by atoms with Gasteiger partial charge in [-0.2, -0.15) is 0 Å². The lowest BCUT2D eigenvalue weighted by molar-refractivity contribution is 1.45. The molecule has 0 aliphatic rings. The molecule has 0 heterocycles. The largest absolute Gasteiger partial charge is 0.285 e. The maximum absolute atomic E-state index is 6.15. The van der Waals surface area contributed by atoms with Crippen molar-refractivity contribution >= 4 is 20.9 Å². The summed E-state index contributed by atoms with van der Waals surface area (Å²) in [5.41, 5.74) is 0. The summed E-state index contributed by atoms with van der Waals surface area (Å²) in [6, 6.07) is 20.5. The predicted molar refractivity (Wildman–Crippen MR) is 70.2 cm³/mol. The Morgan fingerprint density at radius 2 is 1.33 bits per heavy atom. The lowest BCUT2D eigenvalue weighted by atomic mass is 10.4. The van der Waals surface area contributed by atoms with Gasteiger partial charge in [0.25, 0.3) is 0 Å². The Balaban J connectivity index is 2.08. The molecule has 15 heavy (non-hydrogen) atoms. The molecule has 0 aliphatic carbocycles. The minimum Gasteiger partial charge on any atom is -0.285 e. The van der Waals surface area contributed by atoms with Crippen LogP contribution in [0.5, 0.6) is 0 Å². The second-order valence-corrected chi connectivity index (χ2v) is 6.62. The monoisotopic (exact) mass is 235 g/mol. The molecule has 3 heteroatoms. The Labute approximate surface area is 96.6 Å².